The number of amides is 1. The average molecular weight is 366 g/mol. The number of carbonyl (C=O) groups is 1. The van der Waals surface area contributed by atoms with Crippen molar-refractivity contribution in [1.82, 2.24) is 14.7 Å². The average Bonchev–Trinajstić information content (AvgIpc) is 3.24. The van der Waals surface area contributed by atoms with E-state index >= 15 is 0 Å². The molecular weight excluding hydrogens is 348 g/mol. The van der Waals surface area contributed by atoms with E-state index in [0.717, 1.165) is 27.9 Å². The highest BCUT2D eigenvalue weighted by Crippen LogP contribution is 2.34. The summed E-state index contributed by atoms with van der Waals surface area (Å²) in [7, 11) is 1.63. The fraction of sp³-hybridized carbons (Fsp3) is 0.0870. The van der Waals surface area contributed by atoms with E-state index in [2.05, 4.69) is 16.4 Å². The van der Waals surface area contributed by atoms with Gasteiger partial charge in [-0.2, -0.15) is 5.26 Å². The van der Waals surface area contributed by atoms with Crippen molar-refractivity contribution in [3.05, 3.63) is 96.1 Å². The molecule has 5 nitrogen and oxygen atoms in total. The molecule has 136 valence electrons. The Bertz CT molecular complexity index is 1170. The molecule has 0 fully saturated rings. The van der Waals surface area contributed by atoms with Crippen LogP contribution in [0, 0.1) is 11.3 Å². The number of hydrogen-bond acceptors (Lipinski definition) is 3. The Morgan fingerprint density at radius 1 is 1.07 bits per heavy atom. The van der Waals surface area contributed by atoms with Gasteiger partial charge in [-0.05, 0) is 29.3 Å². The summed E-state index contributed by atoms with van der Waals surface area (Å²) in [4.78, 5) is 17.3. The lowest BCUT2D eigenvalue weighted by Gasteiger charge is -2.22. The molecule has 2 aromatic heterocycles. The number of benzene rings is 2. The Morgan fingerprint density at radius 3 is 2.50 bits per heavy atom. The molecule has 4 rings (SSSR count). The number of carbonyl (C=O) groups excluding carboxylic acids is 1. The summed E-state index contributed by atoms with van der Waals surface area (Å²) in [5.41, 5.74) is 5.11. The van der Waals surface area contributed by atoms with Crippen LogP contribution in [-0.2, 0) is 4.79 Å². The molecule has 2 aromatic carbocycles. The van der Waals surface area contributed by atoms with E-state index < -0.39 is 5.92 Å². The second kappa shape index (κ2) is 7.37. The van der Waals surface area contributed by atoms with E-state index in [-0.39, 0.29) is 5.91 Å². The van der Waals surface area contributed by atoms with Crippen molar-refractivity contribution in [3.8, 4) is 17.2 Å². The third-order valence-electron chi connectivity index (χ3n) is 4.86. The van der Waals surface area contributed by atoms with Gasteiger partial charge in [0, 0.05) is 18.3 Å². The second-order valence-electron chi connectivity index (χ2n) is 6.47. The molecular formula is C23H18N4O. The molecule has 4 aromatic rings. The predicted molar refractivity (Wildman–Crippen MR) is 108 cm³/mol. The van der Waals surface area contributed by atoms with Crippen molar-refractivity contribution in [2.75, 3.05) is 7.05 Å². The van der Waals surface area contributed by atoms with Crippen molar-refractivity contribution in [2.24, 2.45) is 0 Å². The normalized spacial score (nSPS) is 11.7. The predicted octanol–water partition coefficient (Wildman–Crippen LogP) is 3.75. The number of nitrogens with one attached hydrogen (secondary N) is 1. The van der Waals surface area contributed by atoms with Crippen LogP contribution in [0.25, 0.3) is 16.6 Å². The molecule has 1 amide bonds. The number of rotatable bonds is 4. The first-order chi connectivity index (χ1) is 13.7. The third-order valence-corrected chi connectivity index (χ3v) is 4.86. The Hall–Kier alpha value is -3.91. The number of nitriles is 1. The number of imidazole rings is 1. The first-order valence-corrected chi connectivity index (χ1v) is 8.95. The summed E-state index contributed by atoms with van der Waals surface area (Å²) in [6.45, 7) is 0. The molecule has 0 aliphatic carbocycles. The minimum atomic E-state index is -0.550. The molecule has 0 saturated carbocycles. The molecule has 0 spiro atoms. The standard InChI is InChI=1S/C23H18N4O/c1-25-23(28)21(18-9-7-16(13-24)8-10-18)22-20(17-5-3-2-4-6-17)12-11-19-14-26-15-27(19)22/h2-12,14-15,21H,1H3,(H,25,28). The number of pyridine rings is 1. The van der Waals surface area contributed by atoms with Crippen LogP contribution >= 0.6 is 0 Å². The van der Waals surface area contributed by atoms with Crippen molar-refractivity contribution in [3.63, 3.8) is 0 Å². The molecule has 0 saturated heterocycles. The summed E-state index contributed by atoms with van der Waals surface area (Å²) in [6.07, 6.45) is 3.51. The highest BCUT2D eigenvalue weighted by Gasteiger charge is 2.27. The van der Waals surface area contributed by atoms with Gasteiger partial charge in [0.1, 0.15) is 5.92 Å². The summed E-state index contributed by atoms with van der Waals surface area (Å²) >= 11 is 0. The van der Waals surface area contributed by atoms with Gasteiger partial charge in [-0.3, -0.25) is 4.79 Å². The lowest BCUT2D eigenvalue weighted by atomic mass is 9.88. The molecule has 1 unspecified atom stereocenters. The van der Waals surface area contributed by atoms with Gasteiger partial charge in [0.05, 0.1) is 29.7 Å². The molecule has 0 bridgehead atoms. The topological polar surface area (TPSA) is 70.2 Å². The zero-order chi connectivity index (χ0) is 19.5. The van der Waals surface area contributed by atoms with Crippen LogP contribution in [0.1, 0.15) is 22.7 Å². The second-order valence-corrected chi connectivity index (χ2v) is 6.47. The quantitative estimate of drug-likeness (QED) is 0.598. The lowest BCUT2D eigenvalue weighted by Crippen LogP contribution is -2.28. The lowest BCUT2D eigenvalue weighted by molar-refractivity contribution is -0.121. The molecule has 0 radical (unpaired) electrons. The fourth-order valence-electron chi connectivity index (χ4n) is 3.50. The van der Waals surface area contributed by atoms with Crippen LogP contribution in [0.2, 0.25) is 0 Å². The van der Waals surface area contributed by atoms with E-state index in [0.29, 0.717) is 5.56 Å². The Morgan fingerprint density at radius 2 is 1.82 bits per heavy atom. The van der Waals surface area contributed by atoms with Crippen molar-refractivity contribution < 1.29 is 4.79 Å². The molecule has 0 aliphatic heterocycles. The highest BCUT2D eigenvalue weighted by molar-refractivity contribution is 5.89. The zero-order valence-electron chi connectivity index (χ0n) is 15.3. The maximum Gasteiger partial charge on any atom is 0.233 e. The molecule has 5 heteroatoms. The largest absolute Gasteiger partial charge is 0.358 e. The van der Waals surface area contributed by atoms with E-state index in [1.54, 1.807) is 31.7 Å². The summed E-state index contributed by atoms with van der Waals surface area (Å²) in [5.74, 6) is -0.672. The van der Waals surface area contributed by atoms with Gasteiger partial charge in [-0.25, -0.2) is 4.98 Å². The van der Waals surface area contributed by atoms with Gasteiger partial charge in [-0.1, -0.05) is 48.5 Å². The van der Waals surface area contributed by atoms with Gasteiger partial charge < -0.3 is 9.72 Å². The van der Waals surface area contributed by atoms with Gasteiger partial charge >= 0.3 is 0 Å². The van der Waals surface area contributed by atoms with Crippen LogP contribution in [0.4, 0.5) is 0 Å². The Balaban J connectivity index is 2.01. The van der Waals surface area contributed by atoms with E-state index in [9.17, 15) is 4.79 Å². The van der Waals surface area contributed by atoms with Gasteiger partial charge in [-0.15, -0.1) is 0 Å². The summed E-state index contributed by atoms with van der Waals surface area (Å²) in [5, 5.41) is 11.9. The van der Waals surface area contributed by atoms with Gasteiger partial charge in [0.2, 0.25) is 5.91 Å². The van der Waals surface area contributed by atoms with E-state index in [4.69, 9.17) is 5.26 Å². The monoisotopic (exact) mass is 366 g/mol. The van der Waals surface area contributed by atoms with E-state index in [1.165, 1.54) is 0 Å². The minimum Gasteiger partial charge on any atom is -0.358 e. The first kappa shape index (κ1) is 17.5. The van der Waals surface area contributed by atoms with E-state index in [1.807, 2.05) is 59.0 Å². The SMILES string of the molecule is CNC(=O)C(c1ccc(C#N)cc1)c1c(-c2ccccc2)ccc2cncn12. The van der Waals surface area contributed by atoms with Crippen molar-refractivity contribution in [1.29, 1.82) is 5.26 Å². The fourth-order valence-corrected chi connectivity index (χ4v) is 3.50. The number of likely N-dealkylation sites (N-methyl/N-ethyl adjacent to an activating group) is 1. The number of nitrogens with zero attached hydrogens (tertiary/aromatic N) is 3. The molecule has 1 atom stereocenters. The maximum atomic E-state index is 13.0. The molecule has 28 heavy (non-hydrogen) atoms. The molecule has 1 N–H and O–H groups in total. The minimum absolute atomic E-state index is 0.122. The number of aromatic nitrogens is 2. The van der Waals surface area contributed by atoms with Crippen LogP contribution in [0.3, 0.4) is 0 Å². The van der Waals surface area contributed by atoms with Crippen molar-refractivity contribution >= 4 is 11.4 Å². The van der Waals surface area contributed by atoms with Crippen LogP contribution in [-0.4, -0.2) is 22.3 Å². The smallest absolute Gasteiger partial charge is 0.233 e. The van der Waals surface area contributed by atoms with Gasteiger partial charge in [0.15, 0.2) is 0 Å². The Labute approximate surface area is 162 Å². The van der Waals surface area contributed by atoms with Crippen LogP contribution < -0.4 is 5.32 Å². The molecule has 0 aliphatic rings. The molecule has 2 heterocycles. The van der Waals surface area contributed by atoms with Gasteiger partial charge in [0.25, 0.3) is 0 Å². The maximum absolute atomic E-state index is 13.0. The summed E-state index contributed by atoms with van der Waals surface area (Å²) < 4.78 is 1.96. The number of fused-ring (bicyclic) bond motifs is 1. The third kappa shape index (κ3) is 3.01. The zero-order valence-corrected chi connectivity index (χ0v) is 15.3. The van der Waals surface area contributed by atoms with Crippen LogP contribution in [0.5, 0.6) is 0 Å². The van der Waals surface area contributed by atoms with Crippen molar-refractivity contribution in [2.45, 2.75) is 5.92 Å². The number of hydrogen-bond donors (Lipinski definition) is 1. The Kier molecular flexibility index (Phi) is 4.61. The highest BCUT2D eigenvalue weighted by atomic mass is 16.1. The summed E-state index contributed by atoms with van der Waals surface area (Å²) in [6, 6.07) is 23.3. The first-order valence-electron chi connectivity index (χ1n) is 8.95. The van der Waals surface area contributed by atoms with Crippen LogP contribution in [0.15, 0.2) is 79.3 Å².